The largest absolute Gasteiger partial charge is 0.485 e. The summed E-state index contributed by atoms with van der Waals surface area (Å²) in [7, 11) is -0.336. The van der Waals surface area contributed by atoms with Crippen LogP contribution in [0.3, 0.4) is 0 Å². The minimum atomic E-state index is -2.59. The number of benzene rings is 1. The summed E-state index contributed by atoms with van der Waals surface area (Å²) in [6.07, 6.45) is 12.1. The summed E-state index contributed by atoms with van der Waals surface area (Å²) in [5.74, 6) is 1.63. The third-order valence-electron chi connectivity index (χ3n) is 7.78. The Balaban J connectivity index is 1.31. The lowest BCUT2D eigenvalue weighted by Gasteiger charge is -2.30. The van der Waals surface area contributed by atoms with Gasteiger partial charge in [-0.15, -0.1) is 0 Å². The molecule has 1 saturated carbocycles. The fraction of sp³-hybridized carbons (Fsp3) is 0.769. The lowest BCUT2D eigenvalue weighted by Crippen LogP contribution is -2.21. The number of ether oxygens (including phenoxy) is 1. The van der Waals surface area contributed by atoms with Gasteiger partial charge >= 0.3 is 0 Å². The monoisotopic (exact) mass is 454 g/mol. The summed E-state index contributed by atoms with van der Waals surface area (Å²) in [5.41, 5.74) is 0.988. The predicted molar refractivity (Wildman–Crippen MR) is 126 cm³/mol. The highest BCUT2D eigenvalue weighted by atomic mass is 28.3. The van der Waals surface area contributed by atoms with Crippen molar-refractivity contribution in [3.63, 3.8) is 0 Å². The lowest BCUT2D eigenvalue weighted by molar-refractivity contribution is 0.0799. The van der Waals surface area contributed by atoms with Gasteiger partial charge in [-0.25, -0.2) is 13.2 Å². The Kier molecular flexibility index (Phi) is 10.3. The molecular formula is C26H41F3OSi. The molecule has 0 amide bonds. The van der Waals surface area contributed by atoms with Crippen LogP contribution in [-0.2, 0) is 0 Å². The maximum Gasteiger partial charge on any atom is 0.272 e. The minimum Gasteiger partial charge on any atom is -0.485 e. The maximum atomic E-state index is 14.2. The average Bonchev–Trinajstić information content (AvgIpc) is 2.77. The van der Waals surface area contributed by atoms with Gasteiger partial charge < -0.3 is 4.74 Å². The molecule has 2 aliphatic rings. The summed E-state index contributed by atoms with van der Waals surface area (Å²) < 4.78 is 43.5. The maximum absolute atomic E-state index is 14.2. The van der Waals surface area contributed by atoms with E-state index in [2.05, 4.69) is 6.92 Å². The molecule has 176 valence electrons. The molecule has 1 aromatic rings. The van der Waals surface area contributed by atoms with Crippen LogP contribution in [0.1, 0.15) is 89.0 Å². The molecule has 0 unspecified atom stereocenters. The second-order valence-electron chi connectivity index (χ2n) is 10.1. The van der Waals surface area contributed by atoms with Crippen molar-refractivity contribution in [3.05, 3.63) is 29.6 Å². The molecule has 31 heavy (non-hydrogen) atoms. The molecule has 0 radical (unpaired) electrons. The van der Waals surface area contributed by atoms with E-state index in [1.54, 1.807) is 18.1 Å². The smallest absolute Gasteiger partial charge is 0.272 e. The summed E-state index contributed by atoms with van der Waals surface area (Å²) in [6.45, 7) is 1.58. The molecule has 1 aromatic carbocycles. The van der Waals surface area contributed by atoms with Crippen LogP contribution in [0.5, 0.6) is 5.75 Å². The summed E-state index contributed by atoms with van der Waals surface area (Å²) in [5, 5.41) is 0. The lowest BCUT2D eigenvalue weighted by atomic mass is 9.77. The van der Waals surface area contributed by atoms with E-state index in [9.17, 15) is 13.2 Å². The SMILES string of the molecule is CCC[SiH]1CCC(CCCC[C@H]2CC[C@H](c3ccc(OCC(F)F)c(F)c3)CC2)CC1. The average molecular weight is 455 g/mol. The van der Waals surface area contributed by atoms with Crippen molar-refractivity contribution in [2.75, 3.05) is 6.61 Å². The fourth-order valence-corrected chi connectivity index (χ4v) is 9.48. The quantitative estimate of drug-likeness (QED) is 0.241. The van der Waals surface area contributed by atoms with E-state index in [-0.39, 0.29) is 14.5 Å². The van der Waals surface area contributed by atoms with E-state index in [1.165, 1.54) is 69.9 Å². The molecule has 3 rings (SSSR count). The van der Waals surface area contributed by atoms with Crippen molar-refractivity contribution in [1.82, 2.24) is 0 Å². The Morgan fingerprint density at radius 1 is 0.968 bits per heavy atom. The van der Waals surface area contributed by atoms with Gasteiger partial charge in [-0.2, -0.15) is 0 Å². The molecule has 1 nitrogen and oxygen atoms in total. The second-order valence-corrected chi connectivity index (χ2v) is 13.5. The molecule has 0 atom stereocenters. The molecular weight excluding hydrogens is 413 g/mol. The van der Waals surface area contributed by atoms with E-state index in [0.717, 1.165) is 30.2 Å². The van der Waals surface area contributed by atoms with Gasteiger partial charge in [0.15, 0.2) is 11.6 Å². The number of alkyl halides is 2. The van der Waals surface area contributed by atoms with Crippen LogP contribution in [-0.4, -0.2) is 21.8 Å². The van der Waals surface area contributed by atoms with Crippen molar-refractivity contribution >= 4 is 8.80 Å². The van der Waals surface area contributed by atoms with Crippen LogP contribution in [0.25, 0.3) is 0 Å². The highest BCUT2D eigenvalue weighted by Crippen LogP contribution is 2.39. The number of halogens is 3. The summed E-state index contributed by atoms with van der Waals surface area (Å²) in [6, 6.07) is 9.62. The van der Waals surface area contributed by atoms with Gasteiger partial charge in [0.1, 0.15) is 6.61 Å². The Morgan fingerprint density at radius 3 is 2.19 bits per heavy atom. The molecule has 5 heteroatoms. The van der Waals surface area contributed by atoms with Gasteiger partial charge in [0.05, 0.1) is 0 Å². The van der Waals surface area contributed by atoms with Crippen molar-refractivity contribution in [3.8, 4) is 5.75 Å². The highest BCUT2D eigenvalue weighted by molar-refractivity contribution is 6.58. The van der Waals surface area contributed by atoms with Crippen molar-refractivity contribution < 1.29 is 17.9 Å². The Labute approximate surface area is 188 Å². The van der Waals surface area contributed by atoms with Crippen molar-refractivity contribution in [1.29, 1.82) is 0 Å². The first-order chi connectivity index (χ1) is 15.0. The third kappa shape index (κ3) is 8.14. The number of hydrogen-bond donors (Lipinski definition) is 0. The van der Waals surface area contributed by atoms with Gasteiger partial charge in [0.25, 0.3) is 6.43 Å². The molecule has 2 fully saturated rings. The molecule has 1 saturated heterocycles. The van der Waals surface area contributed by atoms with Gasteiger partial charge in [-0.1, -0.05) is 76.1 Å². The zero-order valence-corrected chi connectivity index (χ0v) is 20.4. The van der Waals surface area contributed by atoms with E-state index in [0.29, 0.717) is 5.92 Å². The van der Waals surface area contributed by atoms with Crippen LogP contribution in [0.4, 0.5) is 13.2 Å². The first kappa shape index (κ1) is 24.7. The van der Waals surface area contributed by atoms with Crippen molar-refractivity contribution in [2.24, 2.45) is 11.8 Å². The van der Waals surface area contributed by atoms with Gasteiger partial charge in [0, 0.05) is 8.80 Å². The molecule has 1 aliphatic carbocycles. The zero-order valence-electron chi connectivity index (χ0n) is 19.3. The standard InChI is InChI=1S/C26H41F3OSi/c1-2-15-31-16-13-21(14-17-31)6-4-3-5-20-7-9-22(10-8-20)23-11-12-25(24(27)18-23)30-19-26(28)29/h11-12,18,20-22,26,31H,2-10,13-17,19H2,1H3/t20-,21?,22-,31?. The fourth-order valence-electron chi connectivity index (χ4n) is 5.91. The first-order valence-electron chi connectivity index (χ1n) is 12.8. The summed E-state index contributed by atoms with van der Waals surface area (Å²) >= 11 is 0. The van der Waals surface area contributed by atoms with Crippen molar-refractivity contribution in [2.45, 2.75) is 108 Å². The Morgan fingerprint density at radius 2 is 1.61 bits per heavy atom. The van der Waals surface area contributed by atoms with Crippen LogP contribution >= 0.6 is 0 Å². The molecule has 1 aliphatic heterocycles. The first-order valence-corrected chi connectivity index (χ1v) is 15.2. The van der Waals surface area contributed by atoms with Gasteiger partial charge in [-0.05, 0) is 61.1 Å². The number of unbranched alkanes of at least 4 members (excludes halogenated alkanes) is 1. The van der Waals surface area contributed by atoms with Crippen LogP contribution in [0.2, 0.25) is 18.1 Å². The molecule has 0 aromatic heterocycles. The highest BCUT2D eigenvalue weighted by Gasteiger charge is 2.24. The topological polar surface area (TPSA) is 9.23 Å². The second kappa shape index (κ2) is 12.9. The minimum absolute atomic E-state index is 0.0704. The summed E-state index contributed by atoms with van der Waals surface area (Å²) in [4.78, 5) is 0. The van der Waals surface area contributed by atoms with E-state index < -0.39 is 18.8 Å². The van der Waals surface area contributed by atoms with Crippen LogP contribution in [0, 0.1) is 17.7 Å². The normalized spacial score (nSPS) is 26.9. The van der Waals surface area contributed by atoms with E-state index >= 15 is 0 Å². The molecule has 0 spiro atoms. The van der Waals surface area contributed by atoms with E-state index in [1.807, 2.05) is 6.07 Å². The number of rotatable bonds is 11. The van der Waals surface area contributed by atoms with Gasteiger partial charge in [-0.3, -0.25) is 0 Å². The third-order valence-corrected chi connectivity index (χ3v) is 11.5. The molecule has 0 N–H and O–H groups in total. The van der Waals surface area contributed by atoms with E-state index in [4.69, 9.17) is 4.74 Å². The van der Waals surface area contributed by atoms with Crippen LogP contribution in [0.15, 0.2) is 18.2 Å². The molecule has 0 bridgehead atoms. The Hall–Kier alpha value is -0.973. The van der Waals surface area contributed by atoms with Crippen LogP contribution < -0.4 is 4.74 Å². The zero-order chi connectivity index (χ0) is 22.1. The number of hydrogen-bond acceptors (Lipinski definition) is 1. The predicted octanol–water partition coefficient (Wildman–Crippen LogP) is 8.35. The van der Waals surface area contributed by atoms with Gasteiger partial charge in [0.2, 0.25) is 0 Å². The molecule has 1 heterocycles. The Bertz CT molecular complexity index is 638.